The van der Waals surface area contributed by atoms with Gasteiger partial charge in [0.05, 0.1) is 0 Å². The van der Waals surface area contributed by atoms with E-state index < -0.39 is 0 Å². The topological polar surface area (TPSA) is 26.0 Å². The molecule has 0 aromatic carbocycles. The summed E-state index contributed by atoms with van der Waals surface area (Å²) in [7, 11) is 3.17. The van der Waals surface area contributed by atoms with Gasteiger partial charge in [-0.25, -0.2) is 0 Å². The number of hydrogen-bond acceptors (Lipinski definition) is 2. The van der Waals surface area contributed by atoms with Gasteiger partial charge in [0.2, 0.25) is 0 Å². The van der Waals surface area contributed by atoms with Gasteiger partial charge in [0.1, 0.15) is 4.07 Å². The van der Waals surface area contributed by atoms with E-state index in [1.54, 1.807) is 11.3 Å². The molecule has 0 radical (unpaired) electrons. The molecule has 0 saturated carbocycles. The summed E-state index contributed by atoms with van der Waals surface area (Å²) in [4.78, 5) is 0. The lowest BCUT2D eigenvalue weighted by molar-refractivity contribution is 0.845. The molecule has 0 bridgehead atoms. The Balaban J connectivity index is 3.03. The fourth-order valence-corrected chi connectivity index (χ4v) is 3.67. The molecular weight excluding hydrogens is 183 g/mol. The SMILES string of the molecule is Bc1sc(Cl)pc1C(C)N. The normalized spacial score (nSPS) is 14.3. The van der Waals surface area contributed by atoms with Crippen molar-refractivity contribution in [1.29, 1.82) is 0 Å². The summed E-state index contributed by atoms with van der Waals surface area (Å²) >= 11 is 7.44. The Morgan fingerprint density at radius 1 is 1.80 bits per heavy atom. The monoisotopic (exact) mass is 191 g/mol. The Labute approximate surface area is 72.1 Å². The summed E-state index contributed by atoms with van der Waals surface area (Å²) in [6, 6.07) is 0.144. The molecule has 1 unspecified atom stereocenters. The van der Waals surface area contributed by atoms with Crippen molar-refractivity contribution in [3.8, 4) is 0 Å². The number of hydrogen-bond donors (Lipinski definition) is 1. The van der Waals surface area contributed by atoms with Gasteiger partial charge in [-0.2, -0.15) is 0 Å². The van der Waals surface area contributed by atoms with E-state index in [4.69, 9.17) is 17.3 Å². The Morgan fingerprint density at radius 3 is 2.60 bits per heavy atom. The standard InChI is InChI=1S/C5H8BClNPS/c1-2(8)3-4(6)10-5(7)9-3/h2H,6,8H2,1H3. The average Bonchev–Trinajstić information content (AvgIpc) is 2.10. The van der Waals surface area contributed by atoms with Crippen LogP contribution in [0.1, 0.15) is 18.3 Å². The zero-order valence-electron chi connectivity index (χ0n) is 5.89. The van der Waals surface area contributed by atoms with Crippen LogP contribution in [-0.4, -0.2) is 7.85 Å². The fourth-order valence-electron chi connectivity index (χ4n) is 0.797. The Hall–Kier alpha value is 0.445. The van der Waals surface area contributed by atoms with Gasteiger partial charge in [0.25, 0.3) is 0 Å². The lowest BCUT2D eigenvalue weighted by Crippen LogP contribution is -2.11. The molecule has 2 N–H and O–H groups in total. The highest BCUT2D eigenvalue weighted by Crippen LogP contribution is 2.32. The third-order valence-corrected chi connectivity index (χ3v) is 4.28. The van der Waals surface area contributed by atoms with Crippen LogP contribution in [0.3, 0.4) is 0 Å². The molecule has 1 rings (SSSR count). The van der Waals surface area contributed by atoms with Crippen LogP contribution in [0.2, 0.25) is 4.07 Å². The first-order valence-corrected chi connectivity index (χ1v) is 5.08. The van der Waals surface area contributed by atoms with Crippen molar-refractivity contribution in [2.75, 3.05) is 0 Å². The molecule has 5 heteroatoms. The fraction of sp³-hybridized carbons (Fsp3) is 0.400. The van der Waals surface area contributed by atoms with E-state index >= 15 is 0 Å². The van der Waals surface area contributed by atoms with Crippen LogP contribution in [0.4, 0.5) is 0 Å². The van der Waals surface area contributed by atoms with Crippen LogP contribution >= 0.6 is 31.1 Å². The second kappa shape index (κ2) is 3.23. The third-order valence-electron chi connectivity index (χ3n) is 1.24. The molecule has 1 heterocycles. The van der Waals surface area contributed by atoms with Gasteiger partial charge in [-0.3, -0.25) is 0 Å². The van der Waals surface area contributed by atoms with Gasteiger partial charge in [-0.05, 0) is 19.9 Å². The van der Waals surface area contributed by atoms with E-state index in [9.17, 15) is 0 Å². The first-order valence-electron chi connectivity index (χ1n) is 2.99. The van der Waals surface area contributed by atoms with Gasteiger partial charge < -0.3 is 5.73 Å². The van der Waals surface area contributed by atoms with E-state index in [1.807, 2.05) is 6.92 Å². The lowest BCUT2D eigenvalue weighted by Gasteiger charge is -2.00. The van der Waals surface area contributed by atoms with E-state index in [1.165, 1.54) is 10.1 Å². The summed E-state index contributed by atoms with van der Waals surface area (Å²) < 4.78 is 2.19. The van der Waals surface area contributed by atoms with Crippen molar-refractivity contribution in [1.82, 2.24) is 0 Å². The van der Waals surface area contributed by atoms with E-state index in [0.29, 0.717) is 0 Å². The first-order chi connectivity index (χ1) is 4.61. The molecule has 0 saturated heterocycles. The number of halogens is 1. The summed E-state index contributed by atoms with van der Waals surface area (Å²) in [6.45, 7) is 1.99. The zero-order valence-corrected chi connectivity index (χ0v) is 8.35. The molecule has 1 atom stereocenters. The minimum absolute atomic E-state index is 0.144. The minimum atomic E-state index is 0.144. The molecular formula is C5H8BClNPS. The predicted octanol–water partition coefficient (Wildman–Crippen LogP) is 1.26. The minimum Gasteiger partial charge on any atom is -0.324 e. The number of rotatable bonds is 1. The van der Waals surface area contributed by atoms with Gasteiger partial charge in [-0.15, -0.1) is 11.3 Å². The van der Waals surface area contributed by atoms with Gasteiger partial charge in [0.15, 0.2) is 7.85 Å². The van der Waals surface area contributed by atoms with Crippen molar-refractivity contribution < 1.29 is 0 Å². The van der Waals surface area contributed by atoms with Crippen LogP contribution in [0.25, 0.3) is 0 Å². The molecule has 0 spiro atoms. The van der Waals surface area contributed by atoms with Crippen LogP contribution in [0.15, 0.2) is 0 Å². The summed E-state index contributed by atoms with van der Waals surface area (Å²) in [6.07, 6.45) is 0. The maximum atomic E-state index is 5.82. The smallest absolute Gasteiger partial charge is 0.153 e. The predicted molar refractivity (Wildman–Crippen MR) is 52.6 cm³/mol. The maximum Gasteiger partial charge on any atom is 0.153 e. The molecule has 0 aliphatic carbocycles. The van der Waals surface area contributed by atoms with Crippen molar-refractivity contribution >= 4 is 43.8 Å². The molecule has 1 aromatic heterocycles. The van der Waals surface area contributed by atoms with Gasteiger partial charge in [0, 0.05) is 11.3 Å². The number of nitrogens with two attached hydrogens (primary N) is 1. The van der Waals surface area contributed by atoms with Crippen LogP contribution < -0.4 is 10.5 Å². The third kappa shape index (κ3) is 1.73. The molecule has 1 aromatic rings. The quantitative estimate of drug-likeness (QED) is 0.665. The Morgan fingerprint density at radius 2 is 2.40 bits per heavy atom. The Kier molecular flexibility index (Phi) is 2.76. The summed E-state index contributed by atoms with van der Waals surface area (Å²) in [5, 5.41) is 1.26. The second-order valence-electron chi connectivity index (χ2n) is 2.20. The van der Waals surface area contributed by atoms with E-state index in [0.717, 1.165) is 12.3 Å². The Bertz CT molecular complexity index is 238. The molecule has 0 aliphatic rings. The van der Waals surface area contributed by atoms with Gasteiger partial charge >= 0.3 is 0 Å². The highest BCUT2D eigenvalue weighted by Gasteiger charge is 2.07. The molecule has 54 valence electrons. The average molecular weight is 191 g/mol. The van der Waals surface area contributed by atoms with E-state index in [2.05, 4.69) is 7.85 Å². The van der Waals surface area contributed by atoms with Crippen LogP contribution in [0.5, 0.6) is 0 Å². The van der Waals surface area contributed by atoms with Crippen molar-refractivity contribution in [2.24, 2.45) is 5.73 Å². The molecule has 0 fully saturated rings. The van der Waals surface area contributed by atoms with Crippen LogP contribution in [0, 0.1) is 0 Å². The molecule has 10 heavy (non-hydrogen) atoms. The largest absolute Gasteiger partial charge is 0.324 e. The van der Waals surface area contributed by atoms with Crippen LogP contribution in [-0.2, 0) is 0 Å². The van der Waals surface area contributed by atoms with Crippen molar-refractivity contribution in [3.63, 3.8) is 0 Å². The molecule has 0 aliphatic heterocycles. The van der Waals surface area contributed by atoms with Gasteiger partial charge in [-0.1, -0.05) is 11.6 Å². The van der Waals surface area contributed by atoms with Crippen molar-refractivity contribution in [2.45, 2.75) is 13.0 Å². The summed E-state index contributed by atoms with van der Waals surface area (Å²) in [5.41, 5.74) is 5.70. The lowest BCUT2D eigenvalue weighted by atomic mass is 10.1. The highest BCUT2D eigenvalue weighted by molar-refractivity contribution is 7.50. The van der Waals surface area contributed by atoms with Crippen molar-refractivity contribution in [3.05, 3.63) is 9.36 Å². The highest BCUT2D eigenvalue weighted by atomic mass is 35.5. The second-order valence-corrected chi connectivity index (χ2v) is 5.74. The molecule has 0 amide bonds. The molecule has 1 nitrogen and oxygen atoms in total. The maximum absolute atomic E-state index is 5.82. The first kappa shape index (κ1) is 8.54. The zero-order chi connectivity index (χ0) is 7.72. The van der Waals surface area contributed by atoms with E-state index in [-0.39, 0.29) is 6.04 Å². The summed E-state index contributed by atoms with van der Waals surface area (Å²) in [5.74, 6) is 0.